The maximum absolute atomic E-state index is 15.2. The quantitative estimate of drug-likeness (QED) is 0.165. The first-order valence-electron chi connectivity index (χ1n) is 16.3. The first-order valence-corrected chi connectivity index (χ1v) is 16.3. The van der Waals surface area contributed by atoms with E-state index >= 15 is 4.39 Å². The van der Waals surface area contributed by atoms with Crippen LogP contribution >= 0.6 is 0 Å². The van der Waals surface area contributed by atoms with Gasteiger partial charge in [-0.25, -0.2) is 14.2 Å². The van der Waals surface area contributed by atoms with Crippen molar-refractivity contribution in [3.8, 4) is 34.4 Å². The van der Waals surface area contributed by atoms with Crippen molar-refractivity contribution in [2.24, 2.45) is 0 Å². The predicted octanol–water partition coefficient (Wildman–Crippen LogP) is 6.62. The van der Waals surface area contributed by atoms with Crippen molar-refractivity contribution >= 4 is 23.4 Å². The van der Waals surface area contributed by atoms with Crippen LogP contribution in [0.4, 0.5) is 26.5 Å². The zero-order valence-electron chi connectivity index (χ0n) is 29.3. The van der Waals surface area contributed by atoms with Gasteiger partial charge in [-0.3, -0.25) is 4.90 Å². The fraction of sp³-hybridized carbons (Fsp3) is 0.378. The van der Waals surface area contributed by atoms with E-state index in [1.807, 2.05) is 32.9 Å². The highest BCUT2D eigenvalue weighted by atomic mass is 19.1. The first kappa shape index (κ1) is 35.4. The van der Waals surface area contributed by atoms with Crippen molar-refractivity contribution < 1.29 is 28.1 Å². The molecule has 1 N–H and O–H groups in total. The molecule has 1 saturated heterocycles. The van der Waals surface area contributed by atoms with Gasteiger partial charge in [-0.2, -0.15) is 4.98 Å². The van der Waals surface area contributed by atoms with Gasteiger partial charge in [0.25, 0.3) is 0 Å². The lowest BCUT2D eigenvalue weighted by Crippen LogP contribution is -2.44. The van der Waals surface area contributed by atoms with E-state index in [2.05, 4.69) is 27.1 Å². The lowest BCUT2D eigenvalue weighted by Gasteiger charge is -2.32. The largest absolute Gasteiger partial charge is 0.497 e. The Kier molecular flexibility index (Phi) is 11.5. The number of carbonyl (C=O) groups is 1. The molecular weight excluding hydrogens is 627 g/mol. The maximum atomic E-state index is 15.2. The minimum absolute atomic E-state index is 0.00427. The Morgan fingerprint density at radius 2 is 1.67 bits per heavy atom. The number of aromatic nitrogens is 2. The van der Waals surface area contributed by atoms with Crippen LogP contribution in [0.25, 0.3) is 11.3 Å². The number of amides is 1. The van der Waals surface area contributed by atoms with Crippen LogP contribution in [0.1, 0.15) is 23.1 Å². The second-order valence-electron chi connectivity index (χ2n) is 12.2. The molecule has 1 aromatic heterocycles. The third kappa shape index (κ3) is 8.76. The number of nitrogens with one attached hydrogen (secondary N) is 1. The summed E-state index contributed by atoms with van der Waals surface area (Å²) in [6.07, 6.45) is 0.0994. The Bertz CT molecular complexity index is 1780. The number of nitrogens with zero attached hydrogens (tertiary/aromatic N) is 5. The van der Waals surface area contributed by atoms with E-state index in [1.165, 1.54) is 18.1 Å². The second kappa shape index (κ2) is 16.0. The average molecular weight is 673 g/mol. The smallest absolute Gasteiger partial charge is 0.420 e. The normalized spacial score (nSPS) is 13.6. The fourth-order valence-corrected chi connectivity index (χ4v) is 5.59. The van der Waals surface area contributed by atoms with Crippen LogP contribution in [0.15, 0.2) is 54.6 Å². The van der Waals surface area contributed by atoms with Gasteiger partial charge in [-0.15, -0.1) is 0 Å². The molecule has 1 aliphatic heterocycles. The lowest BCUT2D eigenvalue weighted by atomic mass is 9.97. The molecule has 11 nitrogen and oxygen atoms in total. The van der Waals surface area contributed by atoms with Gasteiger partial charge < -0.3 is 34.1 Å². The van der Waals surface area contributed by atoms with Crippen molar-refractivity contribution in [1.82, 2.24) is 19.8 Å². The standard InChI is InChI=1S/C37H45FN6O5/c1-24-9-12-29(26(3)25(24)2)31-23-35(49-37(45)43(5)32-22-28(46-6)11-14-34(32)47-7)41-36(40-31)39-27-10-13-33(30(38)21-27)48-20-8-15-44-18-16-42(4)17-19-44/h9-14,21-23H,8,15-20H2,1-7H3,(H,39,40,41). The van der Waals surface area contributed by atoms with Crippen LogP contribution in [-0.2, 0) is 0 Å². The van der Waals surface area contributed by atoms with Gasteiger partial charge >= 0.3 is 6.09 Å². The van der Waals surface area contributed by atoms with Crippen molar-refractivity contribution in [2.45, 2.75) is 27.2 Å². The van der Waals surface area contributed by atoms with E-state index in [0.29, 0.717) is 35.2 Å². The first-order chi connectivity index (χ1) is 23.6. The molecule has 1 aliphatic rings. The monoisotopic (exact) mass is 672 g/mol. The number of rotatable bonds is 12. The Morgan fingerprint density at radius 1 is 0.918 bits per heavy atom. The second-order valence-corrected chi connectivity index (χ2v) is 12.2. The van der Waals surface area contributed by atoms with Crippen molar-refractivity contribution in [3.05, 3.63) is 77.1 Å². The molecule has 1 fully saturated rings. The van der Waals surface area contributed by atoms with Crippen molar-refractivity contribution in [2.75, 3.05) is 77.9 Å². The SMILES string of the molecule is COc1ccc(OC)c(N(C)C(=O)Oc2cc(-c3ccc(C)c(C)c3C)nc(Nc3ccc(OCCCN4CCN(C)CC4)c(F)c3)n2)c1. The predicted molar refractivity (Wildman–Crippen MR) is 189 cm³/mol. The minimum atomic E-state index is -0.709. The number of anilines is 3. The maximum Gasteiger partial charge on any atom is 0.420 e. The molecule has 0 atom stereocenters. The van der Waals surface area contributed by atoms with Gasteiger partial charge in [0.15, 0.2) is 11.6 Å². The number of aryl methyl sites for hydroxylation is 1. The number of ether oxygens (including phenoxy) is 4. The Hall–Kier alpha value is -4.94. The highest BCUT2D eigenvalue weighted by Crippen LogP contribution is 2.33. The summed E-state index contributed by atoms with van der Waals surface area (Å²) in [5.41, 5.74) is 5.53. The topological polar surface area (TPSA) is 102 Å². The highest BCUT2D eigenvalue weighted by molar-refractivity contribution is 5.90. The van der Waals surface area contributed by atoms with Crippen molar-refractivity contribution in [3.63, 3.8) is 0 Å². The molecule has 0 aliphatic carbocycles. The van der Waals surface area contributed by atoms with Gasteiger partial charge in [-0.1, -0.05) is 12.1 Å². The summed E-state index contributed by atoms with van der Waals surface area (Å²) in [5.74, 6) is 0.803. The zero-order valence-corrected chi connectivity index (χ0v) is 29.3. The molecule has 4 aromatic rings. The minimum Gasteiger partial charge on any atom is -0.497 e. The molecule has 260 valence electrons. The zero-order chi connectivity index (χ0) is 35.1. The van der Waals surface area contributed by atoms with Gasteiger partial charge in [-0.05, 0) is 75.2 Å². The van der Waals surface area contributed by atoms with Crippen LogP contribution < -0.4 is 29.2 Å². The summed E-state index contributed by atoms with van der Waals surface area (Å²) in [6.45, 7) is 11.6. The number of hydrogen-bond donors (Lipinski definition) is 1. The summed E-state index contributed by atoms with van der Waals surface area (Å²) in [4.78, 5) is 28.6. The van der Waals surface area contributed by atoms with Crippen LogP contribution in [0.2, 0.25) is 0 Å². The van der Waals surface area contributed by atoms with Gasteiger partial charge in [0, 0.05) is 69.2 Å². The Morgan fingerprint density at radius 3 is 2.39 bits per heavy atom. The Balaban J connectivity index is 1.35. The fourth-order valence-electron chi connectivity index (χ4n) is 5.59. The molecule has 0 bridgehead atoms. The summed E-state index contributed by atoms with van der Waals surface area (Å²) >= 11 is 0. The molecule has 49 heavy (non-hydrogen) atoms. The van der Waals surface area contributed by atoms with Crippen molar-refractivity contribution in [1.29, 1.82) is 0 Å². The molecule has 0 radical (unpaired) electrons. The summed E-state index contributed by atoms with van der Waals surface area (Å²) < 4.78 is 37.5. The summed E-state index contributed by atoms with van der Waals surface area (Å²) in [5, 5.41) is 3.08. The van der Waals surface area contributed by atoms with Gasteiger partial charge in [0.05, 0.1) is 32.2 Å². The van der Waals surface area contributed by atoms with E-state index in [9.17, 15) is 4.79 Å². The summed E-state index contributed by atoms with van der Waals surface area (Å²) in [7, 11) is 6.75. The molecule has 2 heterocycles. The molecule has 12 heteroatoms. The number of hydrogen-bond acceptors (Lipinski definition) is 10. The molecular formula is C37H45FN6O5. The number of halogens is 1. The molecule has 5 rings (SSSR count). The Labute approximate surface area is 287 Å². The molecule has 0 saturated carbocycles. The average Bonchev–Trinajstić information content (AvgIpc) is 3.09. The van der Waals surface area contributed by atoms with Crippen LogP contribution in [0.5, 0.6) is 23.1 Å². The highest BCUT2D eigenvalue weighted by Gasteiger charge is 2.21. The van der Waals surface area contributed by atoms with E-state index in [1.54, 1.807) is 50.6 Å². The van der Waals surface area contributed by atoms with Crippen LogP contribution in [0, 0.1) is 26.6 Å². The summed E-state index contributed by atoms with van der Waals surface area (Å²) in [6, 6.07) is 15.3. The molecule has 0 spiro atoms. The van der Waals surface area contributed by atoms with Crippen LogP contribution in [0.3, 0.4) is 0 Å². The third-order valence-electron chi connectivity index (χ3n) is 8.91. The molecule has 3 aromatic carbocycles. The number of likely N-dealkylation sites (N-methyl/N-ethyl adjacent to an activating group) is 1. The van der Waals surface area contributed by atoms with Gasteiger partial charge in [0.2, 0.25) is 11.8 Å². The van der Waals surface area contributed by atoms with Crippen LogP contribution in [-0.4, -0.2) is 93.5 Å². The molecule has 0 unspecified atom stereocenters. The van der Waals surface area contributed by atoms with E-state index < -0.39 is 11.9 Å². The third-order valence-corrected chi connectivity index (χ3v) is 8.91. The number of methoxy groups -OCH3 is 2. The van der Waals surface area contributed by atoms with E-state index in [-0.39, 0.29) is 17.6 Å². The van der Waals surface area contributed by atoms with E-state index in [0.717, 1.165) is 61.4 Å². The van der Waals surface area contributed by atoms with Gasteiger partial charge in [0.1, 0.15) is 11.5 Å². The van der Waals surface area contributed by atoms with E-state index in [4.69, 9.17) is 23.9 Å². The lowest BCUT2D eigenvalue weighted by molar-refractivity contribution is 0.145. The number of carbonyl (C=O) groups excluding carboxylic acids is 1. The molecule has 1 amide bonds. The number of piperazine rings is 1. The number of benzene rings is 3.